The Balaban J connectivity index is 2.18. The van der Waals surface area contributed by atoms with Crippen LogP contribution >= 0.6 is 0 Å². The summed E-state index contributed by atoms with van der Waals surface area (Å²) < 4.78 is 34.7. The van der Waals surface area contributed by atoms with E-state index in [9.17, 15) is 13.2 Å². The summed E-state index contributed by atoms with van der Waals surface area (Å²) in [7, 11) is 0.894. The molecule has 0 amide bonds. The number of nitrogens with one attached hydrogen (secondary N) is 1. The molecular weight excluding hydrogens is 322 g/mol. The van der Waals surface area contributed by atoms with Gasteiger partial charge in [-0.3, -0.25) is 4.79 Å². The van der Waals surface area contributed by atoms with Crippen LogP contribution in [0.25, 0.3) is 0 Å². The zero-order valence-corrected chi connectivity index (χ0v) is 14.4. The van der Waals surface area contributed by atoms with E-state index in [-0.39, 0.29) is 19.0 Å². The second kappa shape index (κ2) is 7.39. The average Bonchev–Trinajstić information content (AvgIpc) is 2.98. The van der Waals surface area contributed by atoms with Gasteiger partial charge in [-0.2, -0.15) is 17.0 Å². The molecule has 1 aromatic heterocycles. The van der Waals surface area contributed by atoms with Crippen LogP contribution in [0, 0.1) is 0 Å². The number of hydrogen-bond donors (Lipinski definition) is 1. The Hall–Kier alpha value is -1.49. The minimum absolute atomic E-state index is 0.0192. The monoisotopic (exact) mass is 345 g/mol. The van der Waals surface area contributed by atoms with Gasteiger partial charge < -0.3 is 14.6 Å². The highest BCUT2D eigenvalue weighted by molar-refractivity contribution is 7.86. The molecule has 0 aliphatic carbocycles. The number of aromatic nitrogens is 2. The van der Waals surface area contributed by atoms with Gasteiger partial charge in [-0.1, -0.05) is 0 Å². The molecule has 10 heteroatoms. The molecule has 2 heterocycles. The van der Waals surface area contributed by atoms with E-state index in [2.05, 4.69) is 15.0 Å². The Bertz CT molecular complexity index is 645. The summed E-state index contributed by atoms with van der Waals surface area (Å²) in [5.74, 6) is 0.246. The van der Waals surface area contributed by atoms with Crippen molar-refractivity contribution in [1.82, 2.24) is 23.5 Å². The predicted molar refractivity (Wildman–Crippen MR) is 83.7 cm³/mol. The number of carbonyl (C=O) groups is 1. The summed E-state index contributed by atoms with van der Waals surface area (Å²) in [6.45, 7) is 1.49. The highest BCUT2D eigenvalue weighted by Crippen LogP contribution is 2.25. The average molecular weight is 345 g/mol. The molecule has 1 aromatic rings. The van der Waals surface area contributed by atoms with Gasteiger partial charge in [0.15, 0.2) is 0 Å². The molecule has 23 heavy (non-hydrogen) atoms. The Morgan fingerprint density at radius 3 is 2.91 bits per heavy atom. The number of rotatable bonds is 6. The molecule has 1 unspecified atom stereocenters. The van der Waals surface area contributed by atoms with E-state index in [1.807, 2.05) is 11.6 Å². The van der Waals surface area contributed by atoms with Crippen molar-refractivity contribution < 1.29 is 17.9 Å². The number of hydrogen-bond acceptors (Lipinski definition) is 6. The van der Waals surface area contributed by atoms with Gasteiger partial charge in [-0.25, -0.2) is 4.98 Å². The maximum absolute atomic E-state index is 12.8. The van der Waals surface area contributed by atoms with Crippen LogP contribution in [0.1, 0.15) is 18.3 Å². The van der Waals surface area contributed by atoms with Crippen molar-refractivity contribution in [3.8, 4) is 0 Å². The standard InChI is InChI=1S/C13H23N5O4S/c1-16-8-6-15-13(16)11-10-14-5-9-18(11)23(20,21)17(2)7-4-12(19)22-3/h6,8,11,14H,4-5,7,9-10H2,1-3H3. The highest BCUT2D eigenvalue weighted by Gasteiger charge is 2.37. The van der Waals surface area contributed by atoms with Crippen LogP contribution in [0.2, 0.25) is 0 Å². The van der Waals surface area contributed by atoms with Gasteiger partial charge in [-0.15, -0.1) is 0 Å². The molecule has 1 aliphatic heterocycles. The van der Waals surface area contributed by atoms with Crippen molar-refractivity contribution >= 4 is 16.2 Å². The van der Waals surface area contributed by atoms with E-state index in [0.717, 1.165) is 0 Å². The molecule has 0 saturated carbocycles. The first-order chi connectivity index (χ1) is 10.9. The zero-order valence-electron chi connectivity index (χ0n) is 13.6. The maximum atomic E-state index is 12.8. The van der Waals surface area contributed by atoms with Crippen LogP contribution in [-0.4, -0.2) is 72.9 Å². The Morgan fingerprint density at radius 1 is 1.57 bits per heavy atom. The maximum Gasteiger partial charge on any atom is 0.306 e. The van der Waals surface area contributed by atoms with E-state index in [4.69, 9.17) is 0 Å². The fourth-order valence-corrected chi connectivity index (χ4v) is 4.02. The van der Waals surface area contributed by atoms with E-state index in [1.165, 1.54) is 22.8 Å². The number of esters is 1. The smallest absolute Gasteiger partial charge is 0.306 e. The van der Waals surface area contributed by atoms with E-state index >= 15 is 0 Å². The molecule has 130 valence electrons. The number of aryl methyl sites for hydroxylation is 1. The summed E-state index contributed by atoms with van der Waals surface area (Å²) in [6.07, 6.45) is 3.46. The van der Waals surface area contributed by atoms with E-state index in [0.29, 0.717) is 25.5 Å². The molecule has 9 nitrogen and oxygen atoms in total. The van der Waals surface area contributed by atoms with Gasteiger partial charge in [0, 0.05) is 52.7 Å². The minimum Gasteiger partial charge on any atom is -0.469 e. The number of methoxy groups -OCH3 is 1. The number of ether oxygens (including phenoxy) is 1. The fourth-order valence-electron chi connectivity index (χ4n) is 2.53. The van der Waals surface area contributed by atoms with Crippen LogP contribution in [0.15, 0.2) is 12.4 Å². The summed E-state index contributed by atoms with van der Waals surface area (Å²) in [5.41, 5.74) is 0. The Labute approximate surface area is 136 Å². The largest absolute Gasteiger partial charge is 0.469 e. The van der Waals surface area contributed by atoms with Crippen LogP contribution < -0.4 is 5.32 Å². The predicted octanol–water partition coefficient (Wildman–Crippen LogP) is -0.894. The lowest BCUT2D eigenvalue weighted by Crippen LogP contribution is -2.53. The van der Waals surface area contributed by atoms with Gasteiger partial charge in [0.2, 0.25) is 0 Å². The molecule has 1 N–H and O–H groups in total. The molecule has 1 fully saturated rings. The van der Waals surface area contributed by atoms with Crippen molar-refractivity contribution in [3.63, 3.8) is 0 Å². The molecular formula is C13H23N5O4S. The lowest BCUT2D eigenvalue weighted by atomic mass is 10.2. The Kier molecular flexibility index (Phi) is 5.74. The third-order valence-corrected chi connectivity index (χ3v) is 5.90. The quantitative estimate of drug-likeness (QED) is 0.672. The number of piperazine rings is 1. The number of nitrogens with zero attached hydrogens (tertiary/aromatic N) is 4. The first kappa shape index (κ1) is 17.9. The third-order valence-electron chi connectivity index (χ3n) is 3.90. The van der Waals surface area contributed by atoms with Crippen molar-refractivity contribution in [1.29, 1.82) is 0 Å². The molecule has 1 aliphatic rings. The first-order valence-corrected chi connectivity index (χ1v) is 8.75. The third kappa shape index (κ3) is 3.89. The summed E-state index contributed by atoms with van der Waals surface area (Å²) in [5, 5.41) is 3.20. The lowest BCUT2D eigenvalue weighted by molar-refractivity contribution is -0.140. The summed E-state index contributed by atoms with van der Waals surface area (Å²) >= 11 is 0. The van der Waals surface area contributed by atoms with Crippen LogP contribution in [0.4, 0.5) is 0 Å². The van der Waals surface area contributed by atoms with Crippen molar-refractivity contribution in [2.24, 2.45) is 7.05 Å². The molecule has 0 radical (unpaired) electrons. The fraction of sp³-hybridized carbons (Fsp3) is 0.692. The summed E-state index contributed by atoms with van der Waals surface area (Å²) in [6, 6.07) is -0.380. The van der Waals surface area contributed by atoms with Crippen molar-refractivity contribution in [2.45, 2.75) is 12.5 Å². The number of imidazole rings is 1. The zero-order chi connectivity index (χ0) is 17.0. The first-order valence-electron chi connectivity index (χ1n) is 7.35. The van der Waals surface area contributed by atoms with Crippen LogP contribution in [-0.2, 0) is 26.8 Å². The minimum atomic E-state index is -3.69. The van der Waals surface area contributed by atoms with Crippen LogP contribution in [0.3, 0.4) is 0 Å². The summed E-state index contributed by atoms with van der Waals surface area (Å²) in [4.78, 5) is 15.5. The lowest BCUT2D eigenvalue weighted by Gasteiger charge is -2.36. The van der Waals surface area contributed by atoms with Crippen molar-refractivity contribution in [2.75, 3.05) is 40.3 Å². The Morgan fingerprint density at radius 2 is 2.30 bits per heavy atom. The highest BCUT2D eigenvalue weighted by atomic mass is 32.2. The van der Waals surface area contributed by atoms with Gasteiger partial charge in [-0.05, 0) is 0 Å². The molecule has 0 spiro atoms. The second-order valence-electron chi connectivity index (χ2n) is 5.38. The van der Waals surface area contributed by atoms with Gasteiger partial charge >= 0.3 is 5.97 Å². The molecule has 1 atom stereocenters. The second-order valence-corrected chi connectivity index (χ2v) is 7.37. The van der Waals surface area contributed by atoms with Gasteiger partial charge in [0.25, 0.3) is 10.2 Å². The van der Waals surface area contributed by atoms with Gasteiger partial charge in [0.05, 0.1) is 19.6 Å². The number of carbonyl (C=O) groups excluding carboxylic acids is 1. The molecule has 0 aromatic carbocycles. The topological polar surface area (TPSA) is 96.8 Å². The SMILES string of the molecule is COC(=O)CCN(C)S(=O)(=O)N1CCNCC1c1nccn1C. The van der Waals surface area contributed by atoms with Gasteiger partial charge in [0.1, 0.15) is 5.82 Å². The molecule has 0 bridgehead atoms. The van der Waals surface area contributed by atoms with E-state index in [1.54, 1.807) is 12.4 Å². The molecule has 2 rings (SSSR count). The molecule has 1 saturated heterocycles. The van der Waals surface area contributed by atoms with Crippen molar-refractivity contribution in [3.05, 3.63) is 18.2 Å². The van der Waals surface area contributed by atoms with Crippen LogP contribution in [0.5, 0.6) is 0 Å². The van der Waals surface area contributed by atoms with E-state index < -0.39 is 16.2 Å². The normalized spacial score (nSPS) is 19.9.